The first-order chi connectivity index (χ1) is 10.8. The van der Waals surface area contributed by atoms with Crippen molar-refractivity contribution in [2.45, 2.75) is 65.3 Å². The van der Waals surface area contributed by atoms with Crippen LogP contribution in [0, 0.1) is 22.7 Å². The summed E-state index contributed by atoms with van der Waals surface area (Å²) in [7, 11) is 0. The summed E-state index contributed by atoms with van der Waals surface area (Å²) in [6, 6.07) is 0. The maximum Gasteiger partial charge on any atom is 0.312 e. The molecule has 0 amide bonds. The van der Waals surface area contributed by atoms with E-state index in [1.807, 2.05) is 6.92 Å². The first kappa shape index (κ1) is 17.2. The fraction of sp³-hybridized carbons (Fsp3) is 0.947. The standard InChI is InChI=1S/C19H34N2O2/c1-5-23-16(22)15(13-20)19(21-10-6-7-11-21)12-14-8-9-18(19,4)17(14,2)3/h14-15H,5-13,20H2,1-4H3/t14-,15-,18-,19-/m0/s1. The van der Waals surface area contributed by atoms with Gasteiger partial charge >= 0.3 is 5.97 Å². The number of carbonyl (C=O) groups is 1. The molecule has 4 nitrogen and oxygen atoms in total. The van der Waals surface area contributed by atoms with Crippen LogP contribution >= 0.6 is 0 Å². The van der Waals surface area contributed by atoms with E-state index in [0.29, 0.717) is 19.1 Å². The molecule has 0 aromatic rings. The van der Waals surface area contributed by atoms with Crippen LogP contribution in [0.1, 0.15) is 59.8 Å². The highest BCUT2D eigenvalue weighted by Crippen LogP contribution is 2.73. The van der Waals surface area contributed by atoms with Gasteiger partial charge in [-0.05, 0) is 68.9 Å². The van der Waals surface area contributed by atoms with Crippen LogP contribution in [0.2, 0.25) is 0 Å². The summed E-state index contributed by atoms with van der Waals surface area (Å²) in [5, 5.41) is 0. The fourth-order valence-corrected chi connectivity index (χ4v) is 6.40. The topological polar surface area (TPSA) is 55.6 Å². The van der Waals surface area contributed by atoms with Crippen LogP contribution in [0.3, 0.4) is 0 Å². The van der Waals surface area contributed by atoms with Crippen LogP contribution < -0.4 is 5.73 Å². The van der Waals surface area contributed by atoms with Gasteiger partial charge in [-0.1, -0.05) is 20.8 Å². The van der Waals surface area contributed by atoms with Gasteiger partial charge in [-0.3, -0.25) is 9.69 Å². The molecule has 23 heavy (non-hydrogen) atoms. The highest BCUT2D eigenvalue weighted by molar-refractivity contribution is 5.75. The molecule has 132 valence electrons. The Hall–Kier alpha value is -0.610. The Labute approximate surface area is 141 Å². The third-order valence-corrected chi connectivity index (χ3v) is 8.00. The lowest BCUT2D eigenvalue weighted by Gasteiger charge is -2.56. The lowest BCUT2D eigenvalue weighted by atomic mass is 9.57. The maximum absolute atomic E-state index is 12.8. The zero-order valence-electron chi connectivity index (χ0n) is 15.4. The van der Waals surface area contributed by atoms with Gasteiger partial charge in [0.15, 0.2) is 0 Å². The Morgan fingerprint density at radius 1 is 1.30 bits per heavy atom. The number of nitrogens with two attached hydrogens (primary N) is 1. The molecular weight excluding hydrogens is 288 g/mol. The minimum Gasteiger partial charge on any atom is -0.466 e. The second-order valence-corrected chi connectivity index (χ2v) is 8.65. The molecule has 0 spiro atoms. The number of fused-ring (bicyclic) bond motifs is 2. The molecule has 0 aromatic carbocycles. The van der Waals surface area contributed by atoms with Crippen molar-refractivity contribution in [1.82, 2.24) is 4.90 Å². The number of hydrogen-bond acceptors (Lipinski definition) is 4. The van der Waals surface area contributed by atoms with Gasteiger partial charge in [0.25, 0.3) is 0 Å². The number of nitrogens with zero attached hydrogens (tertiary/aromatic N) is 1. The predicted octanol–water partition coefficient (Wildman–Crippen LogP) is 2.81. The maximum atomic E-state index is 12.8. The molecule has 1 heterocycles. The van der Waals surface area contributed by atoms with Gasteiger partial charge in [0.05, 0.1) is 12.5 Å². The van der Waals surface area contributed by atoms with Crippen molar-refractivity contribution < 1.29 is 9.53 Å². The molecular formula is C19H34N2O2. The molecule has 0 radical (unpaired) electrons. The number of rotatable bonds is 5. The average molecular weight is 322 g/mol. The normalized spacial score (nSPS) is 40.5. The molecule has 4 atom stereocenters. The van der Waals surface area contributed by atoms with Gasteiger partial charge in [0, 0.05) is 12.1 Å². The minimum atomic E-state index is -0.199. The van der Waals surface area contributed by atoms with Crippen LogP contribution in [0.15, 0.2) is 0 Å². The summed E-state index contributed by atoms with van der Waals surface area (Å²) in [6.45, 7) is 12.2. The monoisotopic (exact) mass is 322 g/mol. The first-order valence-corrected chi connectivity index (χ1v) is 9.47. The molecule has 3 fully saturated rings. The van der Waals surface area contributed by atoms with E-state index >= 15 is 0 Å². The third-order valence-electron chi connectivity index (χ3n) is 8.00. The van der Waals surface area contributed by atoms with E-state index in [-0.39, 0.29) is 28.3 Å². The zero-order chi connectivity index (χ0) is 16.9. The molecule has 2 N–H and O–H groups in total. The van der Waals surface area contributed by atoms with Crippen LogP contribution in [-0.4, -0.2) is 42.6 Å². The Bertz CT molecular complexity index is 472. The molecule has 2 aliphatic carbocycles. The van der Waals surface area contributed by atoms with Crippen LogP contribution in [0.4, 0.5) is 0 Å². The Balaban J connectivity index is 2.08. The van der Waals surface area contributed by atoms with E-state index < -0.39 is 0 Å². The van der Waals surface area contributed by atoms with Gasteiger partial charge in [-0.15, -0.1) is 0 Å². The molecule has 2 bridgehead atoms. The molecule has 1 aliphatic heterocycles. The summed E-state index contributed by atoms with van der Waals surface area (Å²) in [5.74, 6) is 0.415. The molecule has 1 saturated heterocycles. The van der Waals surface area contributed by atoms with Crippen LogP contribution in [0.25, 0.3) is 0 Å². The van der Waals surface area contributed by atoms with Gasteiger partial charge in [0.1, 0.15) is 0 Å². The molecule has 0 unspecified atom stereocenters. The number of carbonyl (C=O) groups excluding carboxylic acids is 1. The van der Waals surface area contributed by atoms with Crippen molar-refractivity contribution >= 4 is 5.97 Å². The summed E-state index contributed by atoms with van der Waals surface area (Å²) in [4.78, 5) is 15.5. The number of hydrogen-bond donors (Lipinski definition) is 1. The summed E-state index contributed by atoms with van der Waals surface area (Å²) in [5.41, 5.74) is 6.46. The van der Waals surface area contributed by atoms with Crippen molar-refractivity contribution in [2.24, 2.45) is 28.4 Å². The van der Waals surface area contributed by atoms with E-state index in [1.165, 1.54) is 25.7 Å². The average Bonchev–Trinajstić information content (AvgIpc) is 3.14. The van der Waals surface area contributed by atoms with Gasteiger partial charge in [0.2, 0.25) is 0 Å². The van der Waals surface area contributed by atoms with Crippen molar-refractivity contribution in [3.8, 4) is 0 Å². The van der Waals surface area contributed by atoms with Crippen LogP contribution in [0.5, 0.6) is 0 Å². The summed E-state index contributed by atoms with van der Waals surface area (Å²) >= 11 is 0. The van der Waals surface area contributed by atoms with E-state index in [2.05, 4.69) is 25.7 Å². The molecule has 2 saturated carbocycles. The van der Waals surface area contributed by atoms with Crippen molar-refractivity contribution in [3.63, 3.8) is 0 Å². The third kappa shape index (κ3) is 2.07. The first-order valence-electron chi connectivity index (χ1n) is 9.47. The predicted molar refractivity (Wildman–Crippen MR) is 91.9 cm³/mol. The Kier molecular flexibility index (Phi) is 4.29. The summed E-state index contributed by atoms with van der Waals surface area (Å²) in [6.07, 6.45) is 6.08. The van der Waals surface area contributed by atoms with E-state index in [4.69, 9.17) is 10.5 Å². The lowest BCUT2D eigenvalue weighted by Crippen LogP contribution is -2.65. The number of likely N-dealkylation sites (tertiary alicyclic amines) is 1. The highest BCUT2D eigenvalue weighted by atomic mass is 16.5. The van der Waals surface area contributed by atoms with E-state index in [1.54, 1.807) is 0 Å². The van der Waals surface area contributed by atoms with E-state index in [0.717, 1.165) is 19.5 Å². The van der Waals surface area contributed by atoms with Crippen molar-refractivity contribution in [1.29, 1.82) is 0 Å². The number of esters is 1. The molecule has 4 heteroatoms. The van der Waals surface area contributed by atoms with Gasteiger partial charge in [-0.2, -0.15) is 0 Å². The van der Waals surface area contributed by atoms with E-state index in [9.17, 15) is 4.79 Å². The minimum absolute atomic E-state index is 0.0773. The fourth-order valence-electron chi connectivity index (χ4n) is 6.40. The van der Waals surface area contributed by atoms with Crippen LogP contribution in [-0.2, 0) is 9.53 Å². The highest BCUT2D eigenvalue weighted by Gasteiger charge is 2.73. The van der Waals surface area contributed by atoms with Gasteiger partial charge < -0.3 is 10.5 Å². The zero-order valence-corrected chi connectivity index (χ0v) is 15.4. The van der Waals surface area contributed by atoms with Gasteiger partial charge in [-0.25, -0.2) is 0 Å². The largest absolute Gasteiger partial charge is 0.466 e. The number of ether oxygens (including phenoxy) is 1. The summed E-state index contributed by atoms with van der Waals surface area (Å²) < 4.78 is 5.47. The Morgan fingerprint density at radius 2 is 1.96 bits per heavy atom. The Morgan fingerprint density at radius 3 is 2.39 bits per heavy atom. The SMILES string of the molecule is CCOC(=O)[C@H](CN)[C@@]1(N2CCCC2)C[C@@H]2CC[C@@]1(C)C2(C)C. The lowest BCUT2D eigenvalue weighted by molar-refractivity contribution is -0.161. The van der Waals surface area contributed by atoms with Crippen molar-refractivity contribution in [3.05, 3.63) is 0 Å². The van der Waals surface area contributed by atoms with Crippen molar-refractivity contribution in [2.75, 3.05) is 26.2 Å². The molecule has 3 aliphatic rings. The smallest absolute Gasteiger partial charge is 0.312 e. The quantitative estimate of drug-likeness (QED) is 0.791. The molecule has 3 rings (SSSR count). The second kappa shape index (κ2) is 5.73. The second-order valence-electron chi connectivity index (χ2n) is 8.65. The molecule has 0 aromatic heterocycles.